The van der Waals surface area contributed by atoms with Gasteiger partial charge in [0.05, 0.1) is 0 Å². The minimum Gasteiger partial charge on any atom is -0.481 e. The van der Waals surface area contributed by atoms with E-state index in [0.29, 0.717) is 10.8 Å². The van der Waals surface area contributed by atoms with E-state index in [4.69, 9.17) is 27.3 Å². The summed E-state index contributed by atoms with van der Waals surface area (Å²) in [6.07, 6.45) is -0.383. The van der Waals surface area contributed by atoms with E-state index in [2.05, 4.69) is 5.16 Å². The first-order valence-electron chi connectivity index (χ1n) is 6.50. The summed E-state index contributed by atoms with van der Waals surface area (Å²) in [5.41, 5.74) is 5.44. The van der Waals surface area contributed by atoms with Gasteiger partial charge in [0, 0.05) is 24.5 Å². The first kappa shape index (κ1) is 17.1. The van der Waals surface area contributed by atoms with Crippen LogP contribution in [0.3, 0.4) is 0 Å². The molecular weight excluding hydrogens is 294 g/mol. The number of hydrogen-bond donors (Lipinski definition) is 2. The number of amides is 1. The van der Waals surface area contributed by atoms with Crippen molar-refractivity contribution in [3.8, 4) is 5.75 Å². The molecule has 7 heteroatoms. The zero-order chi connectivity index (χ0) is 16.0. The highest BCUT2D eigenvalue weighted by molar-refractivity contribution is 6.30. The van der Waals surface area contributed by atoms with Crippen molar-refractivity contribution in [1.29, 1.82) is 0 Å². The van der Waals surface area contributed by atoms with Crippen molar-refractivity contribution in [2.75, 3.05) is 7.05 Å². The molecule has 0 aliphatic heterocycles. The third-order valence-corrected chi connectivity index (χ3v) is 3.33. The van der Waals surface area contributed by atoms with E-state index >= 15 is 0 Å². The van der Waals surface area contributed by atoms with Gasteiger partial charge >= 0.3 is 0 Å². The summed E-state index contributed by atoms with van der Waals surface area (Å²) < 4.78 is 5.57. The van der Waals surface area contributed by atoms with Crippen LogP contribution in [0.25, 0.3) is 0 Å². The lowest BCUT2D eigenvalue weighted by atomic mass is 10.2. The topological polar surface area (TPSA) is 88.2 Å². The second kappa shape index (κ2) is 7.73. The summed E-state index contributed by atoms with van der Waals surface area (Å²) in [7, 11) is 1.65. The Morgan fingerprint density at radius 3 is 2.76 bits per heavy atom. The minimum atomic E-state index is -0.664. The lowest BCUT2D eigenvalue weighted by molar-refractivity contribution is -0.138. The first-order chi connectivity index (χ1) is 9.85. The highest BCUT2D eigenvalue weighted by Gasteiger charge is 2.23. The van der Waals surface area contributed by atoms with Crippen LogP contribution >= 0.6 is 11.6 Å². The lowest BCUT2D eigenvalue weighted by Crippen LogP contribution is -2.44. The first-order valence-corrected chi connectivity index (χ1v) is 6.88. The Morgan fingerprint density at radius 1 is 1.52 bits per heavy atom. The van der Waals surface area contributed by atoms with Crippen LogP contribution < -0.4 is 10.5 Å². The molecule has 1 aromatic carbocycles. The molecule has 0 aromatic heterocycles. The molecule has 2 atom stereocenters. The van der Waals surface area contributed by atoms with Crippen LogP contribution in [-0.4, -0.2) is 41.0 Å². The van der Waals surface area contributed by atoms with Crippen LogP contribution in [0.15, 0.2) is 29.4 Å². The van der Waals surface area contributed by atoms with Gasteiger partial charge in [-0.25, -0.2) is 0 Å². The number of carbonyl (C=O) groups excluding carboxylic acids is 1. The predicted molar refractivity (Wildman–Crippen MR) is 81.8 cm³/mol. The van der Waals surface area contributed by atoms with E-state index in [1.807, 2.05) is 6.92 Å². The third-order valence-electron chi connectivity index (χ3n) is 3.10. The SMILES string of the molecule is CC(Oc1cccc(Cl)c1)C(=O)N(C)C(C)CC(N)=NO. The number of rotatable bonds is 6. The van der Waals surface area contributed by atoms with Gasteiger partial charge in [0.25, 0.3) is 5.91 Å². The van der Waals surface area contributed by atoms with Gasteiger partial charge in [-0.15, -0.1) is 0 Å². The second-order valence-electron chi connectivity index (χ2n) is 4.81. The van der Waals surface area contributed by atoms with Gasteiger partial charge < -0.3 is 20.6 Å². The van der Waals surface area contributed by atoms with Crippen LogP contribution in [0.2, 0.25) is 5.02 Å². The van der Waals surface area contributed by atoms with Crippen LogP contribution in [0, 0.1) is 0 Å². The van der Waals surface area contributed by atoms with Gasteiger partial charge in [-0.3, -0.25) is 4.79 Å². The van der Waals surface area contributed by atoms with Gasteiger partial charge in [-0.1, -0.05) is 22.8 Å². The number of carbonyl (C=O) groups is 1. The van der Waals surface area contributed by atoms with Gasteiger partial charge in [0.15, 0.2) is 6.10 Å². The molecule has 0 fully saturated rings. The van der Waals surface area contributed by atoms with Crippen molar-refractivity contribution in [2.24, 2.45) is 10.9 Å². The number of ether oxygens (including phenoxy) is 1. The molecule has 0 aliphatic rings. The largest absolute Gasteiger partial charge is 0.481 e. The Hall–Kier alpha value is -1.95. The van der Waals surface area contributed by atoms with E-state index in [0.717, 1.165) is 0 Å². The van der Waals surface area contributed by atoms with Crippen molar-refractivity contribution in [3.05, 3.63) is 29.3 Å². The molecule has 2 unspecified atom stereocenters. The number of halogens is 1. The number of nitrogens with two attached hydrogens (primary N) is 1. The molecule has 21 heavy (non-hydrogen) atoms. The van der Waals surface area contributed by atoms with E-state index in [1.54, 1.807) is 38.2 Å². The molecule has 116 valence electrons. The summed E-state index contributed by atoms with van der Waals surface area (Å²) in [6.45, 7) is 3.47. The second-order valence-corrected chi connectivity index (χ2v) is 5.25. The maximum Gasteiger partial charge on any atom is 0.263 e. The van der Waals surface area contributed by atoms with Crippen molar-refractivity contribution < 1.29 is 14.7 Å². The van der Waals surface area contributed by atoms with Gasteiger partial charge in [-0.2, -0.15) is 0 Å². The van der Waals surface area contributed by atoms with Crippen molar-refractivity contribution in [3.63, 3.8) is 0 Å². The monoisotopic (exact) mass is 313 g/mol. The predicted octanol–water partition coefficient (Wildman–Crippen LogP) is 2.09. The van der Waals surface area contributed by atoms with E-state index in [-0.39, 0.29) is 24.2 Å². The third kappa shape index (κ3) is 5.15. The fourth-order valence-electron chi connectivity index (χ4n) is 1.78. The Balaban J connectivity index is 2.64. The smallest absolute Gasteiger partial charge is 0.263 e. The number of amidine groups is 1. The maximum atomic E-state index is 12.3. The fourth-order valence-corrected chi connectivity index (χ4v) is 1.96. The van der Waals surface area contributed by atoms with Crippen LogP contribution in [0.5, 0.6) is 5.75 Å². The zero-order valence-electron chi connectivity index (χ0n) is 12.3. The Kier molecular flexibility index (Phi) is 6.30. The average molecular weight is 314 g/mol. The van der Waals surface area contributed by atoms with Gasteiger partial charge in [-0.05, 0) is 32.0 Å². The van der Waals surface area contributed by atoms with Crippen molar-refractivity contribution >= 4 is 23.3 Å². The van der Waals surface area contributed by atoms with E-state index in [9.17, 15) is 4.79 Å². The molecule has 6 nitrogen and oxygen atoms in total. The standard InChI is InChI=1S/C14H20ClN3O3/c1-9(7-13(16)17-20)18(3)14(19)10(2)21-12-6-4-5-11(15)8-12/h4-6,8-10,20H,7H2,1-3H3,(H2,16,17). The summed E-state index contributed by atoms with van der Waals surface area (Å²) in [5.74, 6) is 0.402. The molecule has 0 saturated heterocycles. The van der Waals surface area contributed by atoms with Crippen LogP contribution in [0.4, 0.5) is 0 Å². The minimum absolute atomic E-state index is 0.0746. The summed E-state index contributed by atoms with van der Waals surface area (Å²) in [5, 5.41) is 12.0. The Bertz CT molecular complexity index is 522. The number of hydrogen-bond acceptors (Lipinski definition) is 4. The lowest BCUT2D eigenvalue weighted by Gasteiger charge is -2.27. The molecule has 0 bridgehead atoms. The molecule has 0 aliphatic carbocycles. The number of benzene rings is 1. The molecule has 0 spiro atoms. The normalized spacial score (nSPS) is 14.4. The van der Waals surface area contributed by atoms with Crippen molar-refractivity contribution in [2.45, 2.75) is 32.4 Å². The summed E-state index contributed by atoms with van der Waals surface area (Å²) >= 11 is 5.87. The molecule has 0 heterocycles. The fraction of sp³-hybridized carbons (Fsp3) is 0.429. The van der Waals surface area contributed by atoms with Crippen LogP contribution in [-0.2, 0) is 4.79 Å². The highest BCUT2D eigenvalue weighted by atomic mass is 35.5. The molecule has 3 N–H and O–H groups in total. The Labute approximate surface area is 129 Å². The molecule has 1 aromatic rings. The molecule has 1 rings (SSSR count). The van der Waals surface area contributed by atoms with Gasteiger partial charge in [0.2, 0.25) is 0 Å². The molecule has 0 radical (unpaired) electrons. The number of oxime groups is 1. The van der Waals surface area contributed by atoms with Gasteiger partial charge in [0.1, 0.15) is 11.6 Å². The number of nitrogens with zero attached hydrogens (tertiary/aromatic N) is 2. The van der Waals surface area contributed by atoms with Crippen molar-refractivity contribution in [1.82, 2.24) is 4.90 Å². The molecule has 1 amide bonds. The highest BCUT2D eigenvalue weighted by Crippen LogP contribution is 2.19. The van der Waals surface area contributed by atoms with E-state index < -0.39 is 6.10 Å². The van der Waals surface area contributed by atoms with E-state index in [1.165, 1.54) is 4.90 Å². The molecule has 0 saturated carbocycles. The van der Waals surface area contributed by atoms with Crippen LogP contribution in [0.1, 0.15) is 20.3 Å². The Morgan fingerprint density at radius 2 is 2.19 bits per heavy atom. The number of likely N-dealkylation sites (N-methyl/N-ethyl adjacent to an activating group) is 1. The zero-order valence-corrected chi connectivity index (χ0v) is 13.0. The summed E-state index contributed by atoms with van der Waals surface area (Å²) in [6, 6.07) is 6.64. The quantitative estimate of drug-likeness (QED) is 0.364. The average Bonchev–Trinajstić information content (AvgIpc) is 2.45. The molecular formula is C14H20ClN3O3. The maximum absolute atomic E-state index is 12.3. The summed E-state index contributed by atoms with van der Waals surface area (Å²) in [4.78, 5) is 13.8.